The average molecular weight is 379 g/mol. The summed E-state index contributed by atoms with van der Waals surface area (Å²) in [6.07, 6.45) is 3.03. The second-order valence-electron chi connectivity index (χ2n) is 9.14. The number of allylic oxidation sites excluding steroid dienone is 2. The van der Waals surface area contributed by atoms with E-state index in [1.54, 1.807) is 0 Å². The molecule has 142 valence electrons. The lowest BCUT2D eigenvalue weighted by atomic mass is 9.80. The number of hydrogen-bond donors (Lipinski definition) is 0. The first-order valence-electron chi connectivity index (χ1n) is 9.69. The van der Waals surface area contributed by atoms with Gasteiger partial charge in [0.05, 0.1) is 5.76 Å². The van der Waals surface area contributed by atoms with Crippen molar-refractivity contribution in [2.45, 2.75) is 52.5 Å². The van der Waals surface area contributed by atoms with Gasteiger partial charge in [-0.1, -0.05) is 95.3 Å². The minimum Gasteiger partial charge on any atom is -0.537 e. The fourth-order valence-corrected chi connectivity index (χ4v) is 8.75. The van der Waals surface area contributed by atoms with Crippen molar-refractivity contribution in [1.29, 1.82) is 0 Å². The molecule has 0 saturated heterocycles. The molecule has 0 N–H and O–H groups in total. The standard InChI is InChI=1S/C24H30O2Si/c1-23(2,3)27(20-12-8-6-9-13-20,21-14-10-7-11-15-21)26-22-17-16-19(25)18-24(22,4)5/h6-15,17H,16,18H2,1-5H3. The van der Waals surface area contributed by atoms with Crippen LogP contribution in [0.5, 0.6) is 0 Å². The molecule has 0 atom stereocenters. The van der Waals surface area contributed by atoms with E-state index in [2.05, 4.69) is 95.3 Å². The number of Topliss-reactive ketones (excluding diaryl/α,β-unsaturated/α-hetero) is 1. The summed E-state index contributed by atoms with van der Waals surface area (Å²) in [6, 6.07) is 21.3. The summed E-state index contributed by atoms with van der Waals surface area (Å²) in [5.41, 5.74) is -0.275. The van der Waals surface area contributed by atoms with Gasteiger partial charge >= 0.3 is 8.32 Å². The van der Waals surface area contributed by atoms with Crippen molar-refractivity contribution < 1.29 is 9.22 Å². The zero-order valence-corrected chi connectivity index (χ0v) is 18.1. The highest BCUT2D eigenvalue weighted by molar-refractivity contribution is 6.99. The van der Waals surface area contributed by atoms with E-state index in [0.717, 1.165) is 5.76 Å². The maximum absolute atomic E-state index is 12.0. The SMILES string of the molecule is CC1(C)CC(=O)CC=C1O[Si](c1ccccc1)(c1ccccc1)C(C)(C)C. The van der Waals surface area contributed by atoms with E-state index in [1.165, 1.54) is 10.4 Å². The molecule has 0 bridgehead atoms. The van der Waals surface area contributed by atoms with Gasteiger partial charge in [-0.15, -0.1) is 0 Å². The fraction of sp³-hybridized carbons (Fsp3) is 0.375. The minimum absolute atomic E-state index is 0.0753. The highest BCUT2D eigenvalue weighted by atomic mass is 28.4. The molecule has 0 aromatic heterocycles. The number of rotatable bonds is 4. The Kier molecular flexibility index (Phi) is 5.17. The summed E-state index contributed by atoms with van der Waals surface area (Å²) >= 11 is 0. The maximum Gasteiger partial charge on any atom is 0.319 e. The van der Waals surface area contributed by atoms with Gasteiger partial charge in [-0.2, -0.15) is 0 Å². The van der Waals surface area contributed by atoms with Gasteiger partial charge in [-0.05, 0) is 21.5 Å². The second-order valence-corrected chi connectivity index (χ2v) is 13.4. The topological polar surface area (TPSA) is 26.3 Å². The predicted octanol–water partition coefficient (Wildman–Crippen LogP) is 4.84. The van der Waals surface area contributed by atoms with Gasteiger partial charge in [0.2, 0.25) is 0 Å². The van der Waals surface area contributed by atoms with Crippen LogP contribution in [0.15, 0.2) is 72.5 Å². The first-order chi connectivity index (χ1) is 12.7. The number of benzene rings is 2. The first-order valence-corrected chi connectivity index (χ1v) is 11.6. The number of hydrogen-bond acceptors (Lipinski definition) is 2. The summed E-state index contributed by atoms with van der Waals surface area (Å²) in [6.45, 7) is 11.1. The molecule has 0 aliphatic heterocycles. The largest absolute Gasteiger partial charge is 0.537 e. The molecule has 0 amide bonds. The Morgan fingerprint density at radius 3 is 1.78 bits per heavy atom. The molecule has 1 aliphatic rings. The number of carbonyl (C=O) groups is 1. The van der Waals surface area contributed by atoms with Gasteiger partial charge in [0.1, 0.15) is 5.78 Å². The van der Waals surface area contributed by atoms with Gasteiger partial charge in [0.25, 0.3) is 0 Å². The normalized spacial score (nSPS) is 17.4. The third-order valence-corrected chi connectivity index (χ3v) is 10.4. The molecule has 2 aromatic rings. The van der Waals surface area contributed by atoms with Crippen molar-refractivity contribution >= 4 is 24.5 Å². The van der Waals surface area contributed by atoms with E-state index >= 15 is 0 Å². The van der Waals surface area contributed by atoms with Crippen LogP contribution in [0, 0.1) is 5.41 Å². The van der Waals surface area contributed by atoms with E-state index in [-0.39, 0.29) is 16.2 Å². The van der Waals surface area contributed by atoms with Gasteiger partial charge in [-0.3, -0.25) is 4.79 Å². The molecule has 0 unspecified atom stereocenters. The molecule has 0 heterocycles. The summed E-state index contributed by atoms with van der Waals surface area (Å²) in [4.78, 5) is 12.0. The average Bonchev–Trinajstić information content (AvgIpc) is 2.61. The van der Waals surface area contributed by atoms with Crippen molar-refractivity contribution in [2.75, 3.05) is 0 Å². The fourth-order valence-electron chi connectivity index (χ4n) is 4.13. The van der Waals surface area contributed by atoms with Crippen LogP contribution in [-0.2, 0) is 9.22 Å². The third-order valence-electron chi connectivity index (χ3n) is 5.50. The highest BCUT2D eigenvalue weighted by Gasteiger charge is 2.53. The van der Waals surface area contributed by atoms with Crippen LogP contribution in [0.25, 0.3) is 0 Å². The summed E-state index contributed by atoms with van der Waals surface area (Å²) in [5, 5.41) is 2.45. The Morgan fingerprint density at radius 2 is 1.37 bits per heavy atom. The molecule has 0 spiro atoms. The van der Waals surface area contributed by atoms with E-state index < -0.39 is 8.32 Å². The van der Waals surface area contributed by atoms with Crippen LogP contribution < -0.4 is 10.4 Å². The van der Waals surface area contributed by atoms with E-state index in [9.17, 15) is 4.79 Å². The van der Waals surface area contributed by atoms with E-state index in [1.807, 2.05) is 6.08 Å². The molecular weight excluding hydrogens is 348 g/mol. The molecule has 2 nitrogen and oxygen atoms in total. The van der Waals surface area contributed by atoms with Crippen molar-refractivity contribution in [3.8, 4) is 0 Å². The zero-order valence-electron chi connectivity index (χ0n) is 17.1. The lowest BCUT2D eigenvalue weighted by Gasteiger charge is -2.46. The van der Waals surface area contributed by atoms with Crippen LogP contribution in [-0.4, -0.2) is 14.1 Å². The van der Waals surface area contributed by atoms with Crippen LogP contribution in [0.1, 0.15) is 47.5 Å². The predicted molar refractivity (Wildman–Crippen MR) is 115 cm³/mol. The van der Waals surface area contributed by atoms with Crippen molar-refractivity contribution in [1.82, 2.24) is 0 Å². The van der Waals surface area contributed by atoms with Crippen LogP contribution in [0.3, 0.4) is 0 Å². The van der Waals surface area contributed by atoms with Crippen LogP contribution >= 0.6 is 0 Å². The molecule has 1 aliphatic carbocycles. The van der Waals surface area contributed by atoms with Crippen molar-refractivity contribution in [2.24, 2.45) is 5.41 Å². The Hall–Kier alpha value is -2.13. The zero-order chi connectivity index (χ0) is 19.7. The van der Waals surface area contributed by atoms with Crippen LogP contribution in [0.4, 0.5) is 0 Å². The molecule has 2 aromatic carbocycles. The number of carbonyl (C=O) groups excluding carboxylic acids is 1. The quantitative estimate of drug-likeness (QED) is 0.712. The van der Waals surface area contributed by atoms with E-state index in [4.69, 9.17) is 4.43 Å². The highest BCUT2D eigenvalue weighted by Crippen LogP contribution is 2.43. The van der Waals surface area contributed by atoms with Gasteiger partial charge in [0.15, 0.2) is 0 Å². The molecule has 3 rings (SSSR count). The summed E-state index contributed by atoms with van der Waals surface area (Å²) < 4.78 is 7.13. The Labute approximate surface area is 164 Å². The van der Waals surface area contributed by atoms with Crippen molar-refractivity contribution in [3.63, 3.8) is 0 Å². The Morgan fingerprint density at radius 1 is 0.889 bits per heavy atom. The Balaban J connectivity index is 2.23. The summed E-state index contributed by atoms with van der Waals surface area (Å²) in [7, 11) is -2.63. The molecule has 3 heteroatoms. The molecule has 0 fully saturated rings. The second kappa shape index (κ2) is 7.12. The molecule has 0 radical (unpaired) electrons. The number of ketones is 1. The van der Waals surface area contributed by atoms with Crippen LogP contribution in [0.2, 0.25) is 5.04 Å². The Bertz CT molecular complexity index is 790. The lowest BCUT2D eigenvalue weighted by molar-refractivity contribution is -0.120. The lowest BCUT2D eigenvalue weighted by Crippen LogP contribution is -2.66. The third kappa shape index (κ3) is 3.66. The van der Waals surface area contributed by atoms with Crippen molar-refractivity contribution in [3.05, 3.63) is 72.5 Å². The van der Waals surface area contributed by atoms with Gasteiger partial charge < -0.3 is 4.43 Å². The van der Waals surface area contributed by atoms with Gasteiger partial charge in [-0.25, -0.2) is 0 Å². The summed E-state index contributed by atoms with van der Waals surface area (Å²) in [5.74, 6) is 1.26. The molecule has 27 heavy (non-hydrogen) atoms. The first kappa shape index (κ1) is 19.6. The molecule has 0 saturated carbocycles. The monoisotopic (exact) mass is 378 g/mol. The van der Waals surface area contributed by atoms with E-state index in [0.29, 0.717) is 12.8 Å². The minimum atomic E-state index is -2.63. The maximum atomic E-state index is 12.0. The smallest absolute Gasteiger partial charge is 0.319 e. The van der Waals surface area contributed by atoms with Gasteiger partial charge in [0, 0.05) is 18.3 Å². The molecular formula is C24H30O2Si.